The van der Waals surface area contributed by atoms with E-state index >= 15 is 0 Å². The highest BCUT2D eigenvalue weighted by Gasteiger charge is 2.43. The third-order valence-electron chi connectivity index (χ3n) is 4.45. The van der Waals surface area contributed by atoms with Crippen LogP contribution in [0.1, 0.15) is 52.4 Å². The first kappa shape index (κ1) is 12.7. The van der Waals surface area contributed by atoms with Crippen molar-refractivity contribution in [2.75, 3.05) is 13.1 Å². The molecule has 17 heavy (non-hydrogen) atoms. The number of aliphatic imine (C=N–C) groups is 1. The van der Waals surface area contributed by atoms with E-state index in [1.54, 1.807) is 0 Å². The summed E-state index contributed by atoms with van der Waals surface area (Å²) < 4.78 is 0. The van der Waals surface area contributed by atoms with Gasteiger partial charge in [0.15, 0.2) is 5.96 Å². The molecule has 0 aliphatic heterocycles. The number of nitrogens with two attached hydrogens (primary N) is 1. The quantitative estimate of drug-likeness (QED) is 0.603. The van der Waals surface area contributed by atoms with E-state index in [9.17, 15) is 0 Å². The minimum absolute atomic E-state index is 0.540. The van der Waals surface area contributed by atoms with Crippen LogP contribution in [0.4, 0.5) is 0 Å². The van der Waals surface area contributed by atoms with Crippen LogP contribution in [0.2, 0.25) is 0 Å². The summed E-state index contributed by atoms with van der Waals surface area (Å²) in [4.78, 5) is 6.86. The topological polar surface area (TPSA) is 41.6 Å². The van der Waals surface area contributed by atoms with Crippen molar-refractivity contribution in [3.05, 3.63) is 0 Å². The van der Waals surface area contributed by atoms with Crippen molar-refractivity contribution in [3.63, 3.8) is 0 Å². The van der Waals surface area contributed by atoms with E-state index in [-0.39, 0.29) is 0 Å². The van der Waals surface area contributed by atoms with Gasteiger partial charge in [-0.2, -0.15) is 0 Å². The van der Waals surface area contributed by atoms with Crippen molar-refractivity contribution >= 4 is 5.96 Å². The van der Waals surface area contributed by atoms with E-state index < -0.39 is 0 Å². The highest BCUT2D eigenvalue weighted by molar-refractivity contribution is 5.78. The summed E-state index contributed by atoms with van der Waals surface area (Å²) in [6, 6.07) is 0.540. The van der Waals surface area contributed by atoms with Crippen LogP contribution in [0.15, 0.2) is 4.99 Å². The Kier molecular flexibility index (Phi) is 4.30. The number of guanidine groups is 1. The summed E-state index contributed by atoms with van der Waals surface area (Å²) in [5, 5.41) is 0. The molecule has 0 saturated heterocycles. The van der Waals surface area contributed by atoms with Gasteiger partial charge in [0, 0.05) is 13.1 Å². The van der Waals surface area contributed by atoms with Crippen LogP contribution in [0.3, 0.4) is 0 Å². The van der Waals surface area contributed by atoms with Crippen molar-refractivity contribution in [2.24, 2.45) is 22.6 Å². The lowest BCUT2D eigenvalue weighted by molar-refractivity contribution is 0.318. The second-order valence-corrected chi connectivity index (χ2v) is 5.52. The van der Waals surface area contributed by atoms with Crippen LogP contribution in [0, 0.1) is 11.8 Å². The summed E-state index contributed by atoms with van der Waals surface area (Å²) in [7, 11) is 0. The molecule has 3 heteroatoms. The second-order valence-electron chi connectivity index (χ2n) is 5.52. The first-order chi connectivity index (χ1) is 8.26. The van der Waals surface area contributed by atoms with Crippen LogP contribution < -0.4 is 5.73 Å². The van der Waals surface area contributed by atoms with E-state index in [0.29, 0.717) is 6.04 Å². The van der Waals surface area contributed by atoms with Gasteiger partial charge in [-0.1, -0.05) is 32.1 Å². The van der Waals surface area contributed by atoms with E-state index in [0.717, 1.165) is 30.9 Å². The predicted molar refractivity (Wildman–Crippen MR) is 73.0 cm³/mol. The maximum absolute atomic E-state index is 6.05. The minimum atomic E-state index is 0.540. The number of rotatable bonds is 4. The van der Waals surface area contributed by atoms with E-state index in [2.05, 4.69) is 18.7 Å². The fourth-order valence-corrected chi connectivity index (χ4v) is 3.22. The summed E-state index contributed by atoms with van der Waals surface area (Å²) in [5.74, 6) is 2.56. The maximum atomic E-state index is 6.05. The van der Waals surface area contributed by atoms with Gasteiger partial charge in [0.05, 0.1) is 6.04 Å². The molecule has 2 aliphatic carbocycles. The Hall–Kier alpha value is -0.730. The molecule has 0 spiro atoms. The Bertz CT molecular complexity index is 265. The van der Waals surface area contributed by atoms with Gasteiger partial charge in [0.2, 0.25) is 0 Å². The predicted octanol–water partition coefficient (Wildman–Crippen LogP) is 2.61. The summed E-state index contributed by atoms with van der Waals surface area (Å²) in [5.41, 5.74) is 6.05. The molecule has 0 amide bonds. The van der Waals surface area contributed by atoms with Gasteiger partial charge in [-0.3, -0.25) is 0 Å². The van der Waals surface area contributed by atoms with Crippen LogP contribution in [-0.2, 0) is 0 Å². The third kappa shape index (κ3) is 3.14. The first-order valence-electron chi connectivity index (χ1n) is 7.34. The first-order valence-corrected chi connectivity index (χ1v) is 7.34. The molecule has 2 N–H and O–H groups in total. The normalized spacial score (nSPS) is 30.4. The van der Waals surface area contributed by atoms with Crippen LogP contribution in [-0.4, -0.2) is 30.0 Å². The second kappa shape index (κ2) is 5.74. The molecule has 0 radical (unpaired) electrons. The molecule has 0 unspecified atom stereocenters. The Labute approximate surface area is 105 Å². The molecule has 3 nitrogen and oxygen atoms in total. The van der Waals surface area contributed by atoms with Gasteiger partial charge in [-0.05, 0) is 32.1 Å². The van der Waals surface area contributed by atoms with E-state index in [1.165, 1.54) is 38.5 Å². The van der Waals surface area contributed by atoms with Crippen molar-refractivity contribution < 1.29 is 0 Å². The molecule has 0 heterocycles. The van der Waals surface area contributed by atoms with Crippen molar-refractivity contribution in [3.8, 4) is 0 Å². The van der Waals surface area contributed by atoms with Crippen molar-refractivity contribution in [1.82, 2.24) is 4.90 Å². The smallest absolute Gasteiger partial charge is 0.191 e. The van der Waals surface area contributed by atoms with Gasteiger partial charge in [0.25, 0.3) is 0 Å². The fourth-order valence-electron chi connectivity index (χ4n) is 3.22. The molecule has 0 bridgehead atoms. The monoisotopic (exact) mass is 237 g/mol. The molecule has 98 valence electrons. The fraction of sp³-hybridized carbons (Fsp3) is 0.929. The maximum Gasteiger partial charge on any atom is 0.191 e. The highest BCUT2D eigenvalue weighted by Crippen LogP contribution is 2.46. The molecular formula is C14H27N3. The van der Waals surface area contributed by atoms with Gasteiger partial charge in [0.1, 0.15) is 0 Å². The zero-order valence-electron chi connectivity index (χ0n) is 11.4. The third-order valence-corrected chi connectivity index (χ3v) is 4.45. The standard InChI is InChI=1S/C14H27N3/c1-3-17(4-2)14(15)16-13-10-12(13)11-8-6-5-7-9-11/h11-13H,3-10H2,1-2H3,(H2,15,16)/t12-,13+/m0/s1. The molecule has 2 saturated carbocycles. The van der Waals surface area contributed by atoms with E-state index in [4.69, 9.17) is 10.7 Å². The molecule has 0 aromatic rings. The summed E-state index contributed by atoms with van der Waals surface area (Å²) in [6.07, 6.45) is 8.46. The molecular weight excluding hydrogens is 210 g/mol. The average Bonchev–Trinajstić information content (AvgIpc) is 3.11. The van der Waals surface area contributed by atoms with Crippen molar-refractivity contribution in [2.45, 2.75) is 58.4 Å². The zero-order chi connectivity index (χ0) is 12.3. The number of nitrogens with zero attached hydrogens (tertiary/aromatic N) is 2. The van der Waals surface area contributed by atoms with Crippen molar-refractivity contribution in [1.29, 1.82) is 0 Å². The lowest BCUT2D eigenvalue weighted by Crippen LogP contribution is -2.37. The zero-order valence-corrected chi connectivity index (χ0v) is 11.4. The lowest BCUT2D eigenvalue weighted by Gasteiger charge is -2.22. The number of hydrogen-bond acceptors (Lipinski definition) is 1. The molecule has 0 aromatic heterocycles. The molecule has 2 aliphatic rings. The Morgan fingerprint density at radius 2 is 1.82 bits per heavy atom. The Balaban J connectivity index is 1.83. The van der Waals surface area contributed by atoms with Gasteiger partial charge in [-0.15, -0.1) is 0 Å². The van der Waals surface area contributed by atoms with Crippen LogP contribution in [0.5, 0.6) is 0 Å². The minimum Gasteiger partial charge on any atom is -0.370 e. The van der Waals surface area contributed by atoms with Gasteiger partial charge in [-0.25, -0.2) is 4.99 Å². The molecule has 2 fully saturated rings. The summed E-state index contributed by atoms with van der Waals surface area (Å²) in [6.45, 7) is 6.20. The van der Waals surface area contributed by atoms with Gasteiger partial charge < -0.3 is 10.6 Å². The average molecular weight is 237 g/mol. The SMILES string of the molecule is CCN(CC)C(N)=N[C@@H]1C[C@H]1C1CCCCC1. The van der Waals surface area contributed by atoms with Crippen LogP contribution in [0.25, 0.3) is 0 Å². The number of hydrogen-bond donors (Lipinski definition) is 1. The van der Waals surface area contributed by atoms with Gasteiger partial charge >= 0.3 is 0 Å². The van der Waals surface area contributed by atoms with E-state index in [1.807, 2.05) is 0 Å². The molecule has 0 aromatic carbocycles. The van der Waals surface area contributed by atoms with Crippen LogP contribution >= 0.6 is 0 Å². The molecule has 2 atom stereocenters. The largest absolute Gasteiger partial charge is 0.370 e. The lowest BCUT2D eigenvalue weighted by atomic mass is 9.85. The Morgan fingerprint density at radius 3 is 2.41 bits per heavy atom. The summed E-state index contributed by atoms with van der Waals surface area (Å²) >= 11 is 0. The Morgan fingerprint density at radius 1 is 1.18 bits per heavy atom. The highest BCUT2D eigenvalue weighted by atomic mass is 15.3. The molecule has 2 rings (SSSR count).